The van der Waals surface area contributed by atoms with E-state index in [2.05, 4.69) is 24.5 Å². The maximum absolute atomic E-state index is 11.4. The summed E-state index contributed by atoms with van der Waals surface area (Å²) in [5.41, 5.74) is 0.268. The van der Waals surface area contributed by atoms with Crippen molar-refractivity contribution in [3.8, 4) is 0 Å². The number of hydrogen-bond acceptors (Lipinski definition) is 3. The standard InChI is InChI=1S/C11H20N2O4/c1-6(14)8(9(15)16)13-10(17)12-5-7-4-11(7,2)3/h6-8,14H,4-5H2,1-3H3,(H,15,16)(H2,12,13,17)/t6-,7?,8+/m1/s1. The molecule has 0 bridgehead atoms. The van der Waals surface area contributed by atoms with Crippen LogP contribution in [0.1, 0.15) is 27.2 Å². The van der Waals surface area contributed by atoms with E-state index in [1.54, 1.807) is 0 Å². The molecular formula is C11H20N2O4. The van der Waals surface area contributed by atoms with Gasteiger partial charge in [-0.2, -0.15) is 0 Å². The molecule has 0 spiro atoms. The summed E-state index contributed by atoms with van der Waals surface area (Å²) in [6.45, 7) is 6.09. The first-order chi connectivity index (χ1) is 7.74. The van der Waals surface area contributed by atoms with E-state index in [0.29, 0.717) is 12.5 Å². The fraction of sp³-hybridized carbons (Fsp3) is 0.818. The summed E-state index contributed by atoms with van der Waals surface area (Å²) in [5.74, 6) is -0.801. The van der Waals surface area contributed by atoms with Crippen LogP contribution < -0.4 is 10.6 Å². The third kappa shape index (κ3) is 3.89. The average molecular weight is 244 g/mol. The van der Waals surface area contributed by atoms with Crippen LogP contribution in [-0.2, 0) is 4.79 Å². The molecule has 0 aromatic heterocycles. The number of hydrogen-bond donors (Lipinski definition) is 4. The topological polar surface area (TPSA) is 98.7 Å². The molecule has 1 unspecified atom stereocenters. The number of aliphatic hydroxyl groups excluding tert-OH is 1. The van der Waals surface area contributed by atoms with Crippen molar-refractivity contribution in [2.45, 2.75) is 39.3 Å². The Hall–Kier alpha value is -1.30. The minimum atomic E-state index is -1.28. The number of aliphatic hydroxyl groups is 1. The van der Waals surface area contributed by atoms with Gasteiger partial charge >= 0.3 is 12.0 Å². The highest BCUT2D eigenvalue weighted by Gasteiger charge is 2.45. The van der Waals surface area contributed by atoms with Crippen molar-refractivity contribution in [3.05, 3.63) is 0 Å². The molecule has 0 aromatic rings. The zero-order valence-electron chi connectivity index (χ0n) is 10.4. The third-order valence-corrected chi connectivity index (χ3v) is 3.26. The van der Waals surface area contributed by atoms with Crippen LogP contribution in [0.5, 0.6) is 0 Å². The van der Waals surface area contributed by atoms with Gasteiger partial charge in [-0.1, -0.05) is 13.8 Å². The molecule has 4 N–H and O–H groups in total. The van der Waals surface area contributed by atoms with Crippen LogP contribution in [0.3, 0.4) is 0 Å². The Balaban J connectivity index is 2.31. The second-order valence-electron chi connectivity index (χ2n) is 5.30. The van der Waals surface area contributed by atoms with Crippen molar-refractivity contribution in [1.29, 1.82) is 0 Å². The summed E-state index contributed by atoms with van der Waals surface area (Å²) in [6.07, 6.45) is -0.0675. The number of amides is 2. The lowest BCUT2D eigenvalue weighted by atomic mass is 10.1. The molecule has 0 radical (unpaired) electrons. The van der Waals surface area contributed by atoms with Gasteiger partial charge in [-0.05, 0) is 24.7 Å². The number of carbonyl (C=O) groups is 2. The van der Waals surface area contributed by atoms with Crippen molar-refractivity contribution in [2.24, 2.45) is 11.3 Å². The lowest BCUT2D eigenvalue weighted by molar-refractivity contribution is -0.141. The number of rotatable bonds is 5. The summed E-state index contributed by atoms with van der Waals surface area (Å²) in [5, 5.41) is 22.8. The average Bonchev–Trinajstić information content (AvgIpc) is 2.79. The molecule has 1 aliphatic carbocycles. The molecular weight excluding hydrogens is 224 g/mol. The number of carbonyl (C=O) groups excluding carboxylic acids is 1. The molecule has 1 aliphatic rings. The summed E-state index contributed by atoms with van der Waals surface area (Å²) in [6, 6.07) is -1.83. The van der Waals surface area contributed by atoms with Gasteiger partial charge in [0.05, 0.1) is 6.10 Å². The van der Waals surface area contributed by atoms with E-state index < -0.39 is 24.1 Å². The van der Waals surface area contributed by atoms with Crippen LogP contribution in [0.2, 0.25) is 0 Å². The molecule has 0 aliphatic heterocycles. The zero-order valence-corrected chi connectivity index (χ0v) is 10.4. The van der Waals surface area contributed by atoms with E-state index in [1.807, 2.05) is 0 Å². The van der Waals surface area contributed by atoms with Gasteiger partial charge in [-0.25, -0.2) is 9.59 Å². The van der Waals surface area contributed by atoms with Crippen LogP contribution in [0.15, 0.2) is 0 Å². The molecule has 0 saturated heterocycles. The van der Waals surface area contributed by atoms with Gasteiger partial charge < -0.3 is 20.8 Å². The SMILES string of the molecule is C[C@@H](O)[C@H](NC(=O)NCC1CC1(C)C)C(=O)O. The van der Waals surface area contributed by atoms with Gasteiger partial charge in [0.2, 0.25) is 0 Å². The van der Waals surface area contributed by atoms with Crippen LogP contribution >= 0.6 is 0 Å². The van der Waals surface area contributed by atoms with E-state index >= 15 is 0 Å². The summed E-state index contributed by atoms with van der Waals surface area (Å²) < 4.78 is 0. The highest BCUT2D eigenvalue weighted by Crippen LogP contribution is 2.50. The van der Waals surface area contributed by atoms with Gasteiger partial charge in [-0.15, -0.1) is 0 Å². The Kier molecular flexibility index (Phi) is 3.98. The maximum atomic E-state index is 11.4. The van der Waals surface area contributed by atoms with Gasteiger partial charge in [0.15, 0.2) is 6.04 Å². The molecule has 17 heavy (non-hydrogen) atoms. The van der Waals surface area contributed by atoms with Gasteiger partial charge in [0.1, 0.15) is 0 Å². The minimum absolute atomic E-state index is 0.268. The lowest BCUT2D eigenvalue weighted by Gasteiger charge is -2.17. The largest absolute Gasteiger partial charge is 0.480 e. The zero-order chi connectivity index (χ0) is 13.2. The Morgan fingerprint density at radius 1 is 1.47 bits per heavy atom. The molecule has 0 aromatic carbocycles. The lowest BCUT2D eigenvalue weighted by Crippen LogP contribution is -2.51. The van der Waals surface area contributed by atoms with Crippen LogP contribution in [0, 0.1) is 11.3 Å². The van der Waals surface area contributed by atoms with Crippen molar-refractivity contribution in [2.75, 3.05) is 6.54 Å². The minimum Gasteiger partial charge on any atom is -0.480 e. The molecule has 1 saturated carbocycles. The smallest absolute Gasteiger partial charge is 0.328 e. The van der Waals surface area contributed by atoms with Crippen LogP contribution in [0.25, 0.3) is 0 Å². The first-order valence-corrected chi connectivity index (χ1v) is 5.69. The molecule has 1 rings (SSSR count). The van der Waals surface area contributed by atoms with Crippen molar-refractivity contribution in [1.82, 2.24) is 10.6 Å². The summed E-state index contributed by atoms with van der Waals surface area (Å²) in [7, 11) is 0. The van der Waals surface area contributed by atoms with Crippen LogP contribution in [0.4, 0.5) is 4.79 Å². The van der Waals surface area contributed by atoms with E-state index in [-0.39, 0.29) is 5.41 Å². The van der Waals surface area contributed by atoms with Crippen LogP contribution in [-0.4, -0.2) is 40.9 Å². The third-order valence-electron chi connectivity index (χ3n) is 3.26. The maximum Gasteiger partial charge on any atom is 0.328 e. The Labute approximate surface area is 100 Å². The number of urea groups is 1. The van der Waals surface area contributed by atoms with Crippen molar-refractivity contribution >= 4 is 12.0 Å². The summed E-state index contributed by atoms with van der Waals surface area (Å²) >= 11 is 0. The molecule has 0 heterocycles. The summed E-state index contributed by atoms with van der Waals surface area (Å²) in [4.78, 5) is 22.1. The monoisotopic (exact) mass is 244 g/mol. The second kappa shape index (κ2) is 4.91. The molecule has 1 fully saturated rings. The molecule has 2 amide bonds. The molecule has 6 heteroatoms. The van der Waals surface area contributed by atoms with E-state index in [0.717, 1.165) is 6.42 Å². The second-order valence-corrected chi connectivity index (χ2v) is 5.30. The predicted molar refractivity (Wildman–Crippen MR) is 61.5 cm³/mol. The quantitative estimate of drug-likeness (QED) is 0.554. The first kappa shape index (κ1) is 13.8. The van der Waals surface area contributed by atoms with E-state index in [4.69, 9.17) is 5.11 Å². The number of aliphatic carboxylic acids is 1. The molecule has 3 atom stereocenters. The van der Waals surface area contributed by atoms with Crippen molar-refractivity contribution in [3.63, 3.8) is 0 Å². The van der Waals surface area contributed by atoms with Gasteiger partial charge in [-0.3, -0.25) is 0 Å². The predicted octanol–water partition coefficient (Wildman–Crippen LogP) is 0.166. The highest BCUT2D eigenvalue weighted by molar-refractivity contribution is 5.82. The molecule has 6 nitrogen and oxygen atoms in total. The van der Waals surface area contributed by atoms with E-state index in [1.165, 1.54) is 6.92 Å². The first-order valence-electron chi connectivity index (χ1n) is 5.69. The normalized spacial score (nSPS) is 24.6. The van der Waals surface area contributed by atoms with E-state index in [9.17, 15) is 14.7 Å². The Morgan fingerprint density at radius 3 is 2.35 bits per heavy atom. The Bertz CT molecular complexity index is 315. The number of nitrogens with one attached hydrogen (secondary N) is 2. The fourth-order valence-corrected chi connectivity index (χ4v) is 1.72. The number of carboxylic acids is 1. The van der Waals surface area contributed by atoms with Crippen molar-refractivity contribution < 1.29 is 19.8 Å². The van der Waals surface area contributed by atoms with Gasteiger partial charge in [0, 0.05) is 6.54 Å². The van der Waals surface area contributed by atoms with Gasteiger partial charge in [0.25, 0.3) is 0 Å². The fourth-order valence-electron chi connectivity index (χ4n) is 1.72. The Morgan fingerprint density at radius 2 is 2.00 bits per heavy atom. The highest BCUT2D eigenvalue weighted by atomic mass is 16.4. The number of carboxylic acid groups (broad SMARTS) is 1. The molecule has 98 valence electrons.